The van der Waals surface area contributed by atoms with Crippen LogP contribution in [0.1, 0.15) is 24.6 Å². The predicted molar refractivity (Wildman–Crippen MR) is 68.5 cm³/mol. The van der Waals surface area contributed by atoms with Crippen LogP contribution in [0.2, 0.25) is 0 Å². The number of halogens is 4. The lowest BCUT2D eigenvalue weighted by molar-refractivity contribution is -0.139. The molecule has 1 aromatic heterocycles. The number of hydrogen-bond donors (Lipinski definition) is 1. The van der Waals surface area contributed by atoms with Gasteiger partial charge in [-0.2, -0.15) is 13.2 Å². The fourth-order valence-corrected chi connectivity index (χ4v) is 3.13. The molecule has 1 atom stereocenters. The molecule has 1 N–H and O–H groups in total. The second-order valence-electron chi connectivity index (χ2n) is 3.87. The van der Waals surface area contributed by atoms with Gasteiger partial charge >= 0.3 is 6.18 Å². The summed E-state index contributed by atoms with van der Waals surface area (Å²) in [5.74, 6) is 0. The van der Waals surface area contributed by atoms with Gasteiger partial charge in [0.15, 0.2) is 0 Å². The average molecular weight is 330 g/mol. The molecule has 1 aromatic rings. The van der Waals surface area contributed by atoms with Crippen LogP contribution in [-0.2, 0) is 6.42 Å². The maximum absolute atomic E-state index is 12.4. The van der Waals surface area contributed by atoms with Crippen molar-refractivity contribution < 1.29 is 13.2 Å². The first-order valence-electron chi connectivity index (χ1n) is 5.44. The molecule has 0 spiro atoms. The van der Waals surface area contributed by atoms with E-state index in [2.05, 4.69) is 21.2 Å². The van der Waals surface area contributed by atoms with Gasteiger partial charge in [0.25, 0.3) is 0 Å². The van der Waals surface area contributed by atoms with E-state index in [0.29, 0.717) is 13.0 Å². The van der Waals surface area contributed by atoms with Crippen molar-refractivity contribution in [3.05, 3.63) is 20.8 Å². The summed E-state index contributed by atoms with van der Waals surface area (Å²) in [6.45, 7) is 2.56. The number of thiophene rings is 1. The van der Waals surface area contributed by atoms with Gasteiger partial charge < -0.3 is 5.32 Å². The Hall–Kier alpha value is -0.0700. The zero-order chi connectivity index (χ0) is 12.9. The molecule has 0 bridgehead atoms. The first kappa shape index (κ1) is 15.0. The van der Waals surface area contributed by atoms with Crippen LogP contribution in [0.15, 0.2) is 15.9 Å². The molecule has 1 unspecified atom stereocenters. The Morgan fingerprint density at radius 1 is 1.47 bits per heavy atom. The molecule has 0 aromatic carbocycles. The van der Waals surface area contributed by atoms with E-state index in [-0.39, 0.29) is 0 Å². The van der Waals surface area contributed by atoms with Crippen LogP contribution in [0, 0.1) is 0 Å². The second-order valence-corrected chi connectivity index (χ2v) is 5.72. The number of hydrogen-bond acceptors (Lipinski definition) is 2. The zero-order valence-electron chi connectivity index (χ0n) is 9.48. The van der Waals surface area contributed by atoms with Gasteiger partial charge in [-0.15, -0.1) is 11.3 Å². The van der Waals surface area contributed by atoms with E-state index in [1.807, 2.05) is 18.4 Å². The van der Waals surface area contributed by atoms with Crippen molar-refractivity contribution in [2.45, 2.75) is 38.4 Å². The first-order chi connectivity index (χ1) is 7.92. The molecule has 0 saturated carbocycles. The molecule has 0 fully saturated rings. The van der Waals surface area contributed by atoms with Gasteiger partial charge in [0.2, 0.25) is 0 Å². The van der Waals surface area contributed by atoms with Crippen LogP contribution in [0.25, 0.3) is 0 Å². The van der Waals surface area contributed by atoms with E-state index >= 15 is 0 Å². The van der Waals surface area contributed by atoms with Crippen LogP contribution >= 0.6 is 27.3 Å². The van der Waals surface area contributed by atoms with E-state index in [9.17, 15) is 13.2 Å². The van der Waals surface area contributed by atoms with Gasteiger partial charge in [0, 0.05) is 15.4 Å². The van der Waals surface area contributed by atoms with Gasteiger partial charge in [0.1, 0.15) is 0 Å². The van der Waals surface area contributed by atoms with Crippen molar-refractivity contribution >= 4 is 27.3 Å². The molecular formula is C11H15BrF3NS. The van der Waals surface area contributed by atoms with Crippen LogP contribution in [0.3, 0.4) is 0 Å². The highest BCUT2D eigenvalue weighted by Crippen LogP contribution is 2.28. The van der Waals surface area contributed by atoms with E-state index in [0.717, 1.165) is 15.8 Å². The standard InChI is InChI=1S/C11H15BrF3NS/c1-2-4-16-8(7-11(13,14)15)6-10-9(12)3-5-17-10/h3,5,8,16H,2,4,6-7H2,1H3. The Labute approximate surface area is 112 Å². The summed E-state index contributed by atoms with van der Waals surface area (Å²) in [6.07, 6.45) is -3.65. The minimum atomic E-state index is -4.12. The Morgan fingerprint density at radius 2 is 2.18 bits per heavy atom. The lowest BCUT2D eigenvalue weighted by Gasteiger charge is -2.19. The highest BCUT2D eigenvalue weighted by Gasteiger charge is 2.32. The van der Waals surface area contributed by atoms with Crippen molar-refractivity contribution in [1.82, 2.24) is 5.32 Å². The summed E-state index contributed by atoms with van der Waals surface area (Å²) >= 11 is 4.83. The molecule has 17 heavy (non-hydrogen) atoms. The molecule has 98 valence electrons. The summed E-state index contributed by atoms with van der Waals surface area (Å²) in [6, 6.07) is 1.33. The fraction of sp³-hybridized carbons (Fsp3) is 0.636. The Balaban J connectivity index is 2.60. The van der Waals surface area contributed by atoms with Crippen molar-refractivity contribution in [2.24, 2.45) is 0 Å². The monoisotopic (exact) mass is 329 g/mol. The summed E-state index contributed by atoms with van der Waals surface area (Å²) < 4.78 is 38.1. The topological polar surface area (TPSA) is 12.0 Å². The quantitative estimate of drug-likeness (QED) is 0.816. The number of alkyl halides is 3. The molecule has 1 rings (SSSR count). The van der Waals surface area contributed by atoms with Crippen molar-refractivity contribution in [1.29, 1.82) is 0 Å². The summed E-state index contributed by atoms with van der Waals surface area (Å²) in [4.78, 5) is 0.961. The average Bonchev–Trinajstić information content (AvgIpc) is 2.59. The molecular weight excluding hydrogens is 315 g/mol. The molecule has 1 heterocycles. The van der Waals surface area contributed by atoms with Gasteiger partial charge in [-0.25, -0.2) is 0 Å². The first-order valence-corrected chi connectivity index (χ1v) is 7.11. The molecule has 0 saturated heterocycles. The minimum Gasteiger partial charge on any atom is -0.313 e. The van der Waals surface area contributed by atoms with Crippen molar-refractivity contribution in [3.8, 4) is 0 Å². The Bertz CT molecular complexity index is 338. The van der Waals surface area contributed by atoms with Gasteiger partial charge in [-0.05, 0) is 46.8 Å². The lowest BCUT2D eigenvalue weighted by Crippen LogP contribution is -2.35. The van der Waals surface area contributed by atoms with E-state index < -0.39 is 18.6 Å². The predicted octanol–water partition coefficient (Wildman–Crippen LogP) is 4.37. The molecule has 0 aliphatic rings. The third-order valence-corrected chi connectivity index (χ3v) is 4.23. The third kappa shape index (κ3) is 5.88. The largest absolute Gasteiger partial charge is 0.390 e. The molecule has 0 aliphatic carbocycles. The second kappa shape index (κ2) is 6.75. The van der Waals surface area contributed by atoms with Crippen LogP contribution in [-0.4, -0.2) is 18.8 Å². The highest BCUT2D eigenvalue weighted by molar-refractivity contribution is 9.10. The van der Waals surface area contributed by atoms with Crippen LogP contribution in [0.4, 0.5) is 13.2 Å². The minimum absolute atomic E-state index is 0.414. The summed E-state index contributed by atoms with van der Waals surface area (Å²) in [5.41, 5.74) is 0. The Morgan fingerprint density at radius 3 is 2.65 bits per heavy atom. The van der Waals surface area contributed by atoms with Gasteiger partial charge in [-0.3, -0.25) is 0 Å². The number of rotatable bonds is 6. The maximum atomic E-state index is 12.4. The Kier molecular flexibility index (Phi) is 5.95. The molecule has 6 heteroatoms. The SMILES string of the molecule is CCCNC(Cc1sccc1Br)CC(F)(F)F. The molecule has 0 radical (unpaired) electrons. The normalized spacial score (nSPS) is 13.9. The molecule has 1 nitrogen and oxygen atoms in total. The van der Waals surface area contributed by atoms with E-state index in [1.54, 1.807) is 0 Å². The van der Waals surface area contributed by atoms with E-state index in [1.165, 1.54) is 11.3 Å². The molecule has 0 amide bonds. The summed E-state index contributed by atoms with van der Waals surface area (Å²) in [5, 5.41) is 4.84. The number of nitrogens with one attached hydrogen (secondary N) is 1. The van der Waals surface area contributed by atoms with Gasteiger partial charge in [0.05, 0.1) is 6.42 Å². The zero-order valence-corrected chi connectivity index (χ0v) is 11.9. The maximum Gasteiger partial charge on any atom is 0.390 e. The van der Waals surface area contributed by atoms with E-state index in [4.69, 9.17) is 0 Å². The highest BCUT2D eigenvalue weighted by atomic mass is 79.9. The van der Waals surface area contributed by atoms with Crippen LogP contribution in [0.5, 0.6) is 0 Å². The summed E-state index contributed by atoms with van der Waals surface area (Å²) in [7, 11) is 0. The molecule has 0 aliphatic heterocycles. The lowest BCUT2D eigenvalue weighted by atomic mass is 10.1. The third-order valence-electron chi connectivity index (χ3n) is 2.28. The van der Waals surface area contributed by atoms with Crippen molar-refractivity contribution in [3.63, 3.8) is 0 Å². The van der Waals surface area contributed by atoms with Gasteiger partial charge in [-0.1, -0.05) is 6.92 Å². The smallest absolute Gasteiger partial charge is 0.313 e. The van der Waals surface area contributed by atoms with Crippen molar-refractivity contribution in [2.75, 3.05) is 6.54 Å². The fourth-order valence-electron chi connectivity index (χ4n) is 1.54. The van der Waals surface area contributed by atoms with Crippen LogP contribution < -0.4 is 5.32 Å².